The average molecular weight is 248 g/mol. The first-order valence-corrected chi connectivity index (χ1v) is 6.78. The maximum atomic E-state index is 3.27. The summed E-state index contributed by atoms with van der Waals surface area (Å²) >= 11 is 0. The highest BCUT2D eigenvalue weighted by molar-refractivity contribution is 5.56. The summed E-state index contributed by atoms with van der Waals surface area (Å²) in [6.07, 6.45) is 0. The van der Waals surface area contributed by atoms with E-state index in [1.54, 1.807) is 0 Å². The van der Waals surface area contributed by atoms with Crippen LogP contribution in [0.15, 0.2) is 18.2 Å². The number of nitrogens with one attached hydrogen (secondary N) is 1. The van der Waals surface area contributed by atoms with Crippen LogP contribution < -0.4 is 10.2 Å². The van der Waals surface area contributed by atoms with Crippen LogP contribution in [-0.4, -0.2) is 26.2 Å². The predicted molar refractivity (Wildman–Crippen MR) is 81.7 cm³/mol. The summed E-state index contributed by atoms with van der Waals surface area (Å²) in [7, 11) is 4.19. The highest BCUT2D eigenvalue weighted by Crippen LogP contribution is 2.29. The van der Waals surface area contributed by atoms with Crippen LogP contribution in [0.2, 0.25) is 0 Å². The molecule has 0 aliphatic rings. The van der Waals surface area contributed by atoms with Crippen molar-refractivity contribution in [3.8, 4) is 0 Å². The molecule has 0 saturated carbocycles. The van der Waals surface area contributed by atoms with Gasteiger partial charge in [0.15, 0.2) is 0 Å². The quantitative estimate of drug-likeness (QED) is 0.857. The van der Waals surface area contributed by atoms with Crippen molar-refractivity contribution in [1.82, 2.24) is 5.32 Å². The Kier molecular flexibility index (Phi) is 4.80. The lowest BCUT2D eigenvalue weighted by Crippen LogP contribution is -2.48. The number of aryl methyl sites for hydroxylation is 1. The normalized spacial score (nSPS) is 12.0. The van der Waals surface area contributed by atoms with E-state index >= 15 is 0 Å². The maximum absolute atomic E-state index is 3.27. The Bertz CT molecular complexity index is 394. The molecule has 0 atom stereocenters. The second-order valence-corrected chi connectivity index (χ2v) is 6.10. The summed E-state index contributed by atoms with van der Waals surface area (Å²) in [6.45, 7) is 12.2. The minimum absolute atomic E-state index is 0.106. The van der Waals surface area contributed by atoms with Crippen molar-refractivity contribution in [2.75, 3.05) is 25.5 Å². The molecule has 0 aliphatic heterocycles. The number of nitrogens with zero attached hydrogens (tertiary/aromatic N) is 1. The average Bonchev–Trinajstić information content (AvgIpc) is 2.28. The fourth-order valence-electron chi connectivity index (χ4n) is 2.22. The van der Waals surface area contributed by atoms with Crippen LogP contribution in [0.5, 0.6) is 0 Å². The Morgan fingerprint density at radius 2 is 1.89 bits per heavy atom. The second kappa shape index (κ2) is 5.75. The summed E-state index contributed by atoms with van der Waals surface area (Å²) in [5, 5.41) is 3.27. The molecule has 0 spiro atoms. The van der Waals surface area contributed by atoms with Gasteiger partial charge in [0.25, 0.3) is 0 Å². The van der Waals surface area contributed by atoms with Gasteiger partial charge in [-0.15, -0.1) is 0 Å². The largest absolute Gasteiger partial charge is 0.368 e. The van der Waals surface area contributed by atoms with Gasteiger partial charge < -0.3 is 10.2 Å². The minimum Gasteiger partial charge on any atom is -0.368 e. The molecule has 1 aromatic carbocycles. The summed E-state index contributed by atoms with van der Waals surface area (Å²) in [5.41, 5.74) is 4.19. The molecule has 1 rings (SSSR count). The van der Waals surface area contributed by atoms with Crippen molar-refractivity contribution in [2.45, 2.75) is 46.1 Å². The van der Waals surface area contributed by atoms with E-state index < -0.39 is 0 Å². The van der Waals surface area contributed by atoms with Crippen molar-refractivity contribution in [3.63, 3.8) is 0 Å². The predicted octanol–water partition coefficient (Wildman–Crippen LogP) is 3.55. The lowest BCUT2D eigenvalue weighted by atomic mass is 9.97. The van der Waals surface area contributed by atoms with Crippen LogP contribution in [0.25, 0.3) is 0 Å². The van der Waals surface area contributed by atoms with Crippen LogP contribution in [0.1, 0.15) is 44.7 Å². The van der Waals surface area contributed by atoms with Gasteiger partial charge in [0, 0.05) is 24.8 Å². The zero-order valence-electron chi connectivity index (χ0n) is 13.0. The molecule has 1 aromatic rings. The van der Waals surface area contributed by atoms with E-state index in [2.05, 4.69) is 70.1 Å². The first-order valence-electron chi connectivity index (χ1n) is 6.78. The third-order valence-electron chi connectivity index (χ3n) is 3.78. The summed E-state index contributed by atoms with van der Waals surface area (Å²) in [4.78, 5) is 2.38. The molecule has 0 heterocycles. The van der Waals surface area contributed by atoms with Crippen LogP contribution in [-0.2, 0) is 0 Å². The van der Waals surface area contributed by atoms with E-state index in [1.165, 1.54) is 16.8 Å². The van der Waals surface area contributed by atoms with Gasteiger partial charge in [-0.3, -0.25) is 0 Å². The number of rotatable bonds is 5. The Morgan fingerprint density at radius 3 is 2.39 bits per heavy atom. The highest BCUT2D eigenvalue weighted by Gasteiger charge is 2.24. The number of likely N-dealkylation sites (N-methyl/N-ethyl adjacent to an activating group) is 2. The number of benzene rings is 1. The van der Waals surface area contributed by atoms with Crippen LogP contribution in [0, 0.1) is 6.92 Å². The maximum Gasteiger partial charge on any atom is 0.0466 e. The van der Waals surface area contributed by atoms with Gasteiger partial charge in [-0.05, 0) is 50.9 Å². The van der Waals surface area contributed by atoms with Gasteiger partial charge >= 0.3 is 0 Å². The van der Waals surface area contributed by atoms with E-state index in [0.29, 0.717) is 5.92 Å². The standard InChI is InChI=1S/C16H28N2/c1-12(2)14-9-8-13(3)15(10-14)18(7)16(4,5)11-17-6/h8-10,12,17H,11H2,1-7H3. The SMILES string of the molecule is CNCC(C)(C)N(C)c1cc(C(C)C)ccc1C. The van der Waals surface area contributed by atoms with E-state index in [1.807, 2.05) is 7.05 Å². The summed E-state index contributed by atoms with van der Waals surface area (Å²) in [6, 6.07) is 6.80. The Hall–Kier alpha value is -1.02. The monoisotopic (exact) mass is 248 g/mol. The van der Waals surface area contributed by atoms with Crippen molar-refractivity contribution in [2.24, 2.45) is 0 Å². The molecule has 2 heteroatoms. The van der Waals surface area contributed by atoms with Crippen molar-refractivity contribution < 1.29 is 0 Å². The molecule has 0 aromatic heterocycles. The molecule has 0 aliphatic carbocycles. The highest BCUT2D eigenvalue weighted by atomic mass is 15.2. The molecule has 0 saturated heterocycles. The number of hydrogen-bond acceptors (Lipinski definition) is 2. The third kappa shape index (κ3) is 3.26. The smallest absolute Gasteiger partial charge is 0.0466 e. The Morgan fingerprint density at radius 1 is 1.28 bits per heavy atom. The zero-order valence-corrected chi connectivity index (χ0v) is 13.0. The molecule has 0 fully saturated rings. The summed E-state index contributed by atoms with van der Waals surface area (Å²) < 4.78 is 0. The zero-order chi connectivity index (χ0) is 13.9. The number of hydrogen-bond donors (Lipinski definition) is 1. The van der Waals surface area contributed by atoms with Gasteiger partial charge in [-0.2, -0.15) is 0 Å². The fourth-order valence-corrected chi connectivity index (χ4v) is 2.22. The first-order chi connectivity index (χ1) is 8.29. The van der Waals surface area contributed by atoms with E-state index in [0.717, 1.165) is 6.54 Å². The molecule has 18 heavy (non-hydrogen) atoms. The molecule has 102 valence electrons. The van der Waals surface area contributed by atoms with Gasteiger partial charge in [0.1, 0.15) is 0 Å². The minimum atomic E-state index is 0.106. The number of anilines is 1. The Labute approximate surface area is 112 Å². The molecule has 0 amide bonds. The molecule has 0 bridgehead atoms. The van der Waals surface area contributed by atoms with Crippen LogP contribution >= 0.6 is 0 Å². The molecular formula is C16H28N2. The van der Waals surface area contributed by atoms with Crippen molar-refractivity contribution >= 4 is 5.69 Å². The second-order valence-electron chi connectivity index (χ2n) is 6.10. The fraction of sp³-hybridized carbons (Fsp3) is 0.625. The molecular weight excluding hydrogens is 220 g/mol. The van der Waals surface area contributed by atoms with Gasteiger partial charge in [-0.1, -0.05) is 26.0 Å². The van der Waals surface area contributed by atoms with Gasteiger partial charge in [-0.25, -0.2) is 0 Å². The first kappa shape index (κ1) is 15.0. The van der Waals surface area contributed by atoms with Crippen molar-refractivity contribution in [3.05, 3.63) is 29.3 Å². The van der Waals surface area contributed by atoms with Gasteiger partial charge in [0.05, 0.1) is 0 Å². The van der Waals surface area contributed by atoms with Crippen molar-refractivity contribution in [1.29, 1.82) is 0 Å². The van der Waals surface area contributed by atoms with E-state index in [9.17, 15) is 0 Å². The van der Waals surface area contributed by atoms with Crippen LogP contribution in [0.3, 0.4) is 0 Å². The molecule has 0 unspecified atom stereocenters. The van der Waals surface area contributed by atoms with Gasteiger partial charge in [0.2, 0.25) is 0 Å². The van der Waals surface area contributed by atoms with Crippen LogP contribution in [0.4, 0.5) is 5.69 Å². The van der Waals surface area contributed by atoms with E-state index in [-0.39, 0.29) is 5.54 Å². The Balaban J connectivity index is 3.11. The lowest BCUT2D eigenvalue weighted by Gasteiger charge is -2.38. The summed E-state index contributed by atoms with van der Waals surface area (Å²) in [5.74, 6) is 0.574. The topological polar surface area (TPSA) is 15.3 Å². The molecule has 1 N–H and O–H groups in total. The molecule has 0 radical (unpaired) electrons. The lowest BCUT2D eigenvalue weighted by molar-refractivity contribution is 0.462. The molecule has 2 nitrogen and oxygen atoms in total. The van der Waals surface area contributed by atoms with E-state index in [4.69, 9.17) is 0 Å². The third-order valence-corrected chi connectivity index (χ3v) is 3.78.